The van der Waals surface area contributed by atoms with Gasteiger partial charge in [-0.3, -0.25) is 9.10 Å². The van der Waals surface area contributed by atoms with E-state index in [1.165, 1.54) is 13.0 Å². The van der Waals surface area contributed by atoms with E-state index < -0.39 is 50.7 Å². The molecule has 0 radical (unpaired) electrons. The van der Waals surface area contributed by atoms with Gasteiger partial charge in [0.05, 0.1) is 0 Å². The molecule has 0 aliphatic heterocycles. The summed E-state index contributed by atoms with van der Waals surface area (Å²) in [7, 11) is -5.74. The van der Waals surface area contributed by atoms with Gasteiger partial charge in [0.25, 0.3) is 0 Å². The van der Waals surface area contributed by atoms with Gasteiger partial charge < -0.3 is 4.74 Å². The zero-order valence-corrected chi connectivity index (χ0v) is 18.3. The first kappa shape index (κ1) is 25.1. The molecule has 0 bridgehead atoms. The average molecular weight is 469 g/mol. The molecular formula is C20H24F5NO4S. The predicted octanol–water partition coefficient (Wildman–Crippen LogP) is 4.78. The van der Waals surface area contributed by atoms with Gasteiger partial charge in [-0.1, -0.05) is 13.0 Å². The van der Waals surface area contributed by atoms with E-state index in [0.29, 0.717) is 0 Å². The van der Waals surface area contributed by atoms with Crippen LogP contribution >= 0.6 is 0 Å². The summed E-state index contributed by atoms with van der Waals surface area (Å²) in [4.78, 5) is 11.8. The van der Waals surface area contributed by atoms with Crippen molar-refractivity contribution >= 4 is 16.0 Å². The molecule has 0 saturated heterocycles. The molecule has 31 heavy (non-hydrogen) atoms. The van der Waals surface area contributed by atoms with Crippen molar-refractivity contribution in [2.24, 2.45) is 0 Å². The number of carbonyl (C=O) groups is 1. The van der Waals surface area contributed by atoms with Crippen LogP contribution < -0.4 is 0 Å². The fraction of sp³-hybridized carbons (Fsp3) is 0.550. The lowest BCUT2D eigenvalue weighted by molar-refractivity contribution is -0.154. The number of nitrogens with zero attached hydrogens (tertiary/aromatic N) is 1. The number of ether oxygens (including phenoxy) is 1. The molecule has 1 atom stereocenters. The smallest absolute Gasteiger partial charge is 0.460 e. The predicted molar refractivity (Wildman–Crippen MR) is 103 cm³/mol. The molecular weight excluding hydrogens is 445 g/mol. The first-order valence-corrected chi connectivity index (χ1v) is 10.9. The highest BCUT2D eigenvalue weighted by atomic mass is 32.2. The van der Waals surface area contributed by atoms with Crippen molar-refractivity contribution in [1.82, 2.24) is 4.31 Å². The van der Waals surface area contributed by atoms with Crippen LogP contribution in [0.2, 0.25) is 0 Å². The van der Waals surface area contributed by atoms with Crippen molar-refractivity contribution in [2.75, 3.05) is 6.54 Å². The molecule has 5 nitrogen and oxygen atoms in total. The van der Waals surface area contributed by atoms with Gasteiger partial charge in [0.2, 0.25) is 0 Å². The molecule has 0 saturated carbocycles. The second kappa shape index (κ2) is 8.40. The summed E-state index contributed by atoms with van der Waals surface area (Å²) in [5, 5.41) is 0. The molecule has 11 heteroatoms. The minimum Gasteiger partial charge on any atom is -0.460 e. The van der Waals surface area contributed by atoms with Crippen molar-refractivity contribution in [3.05, 3.63) is 47.2 Å². The Morgan fingerprint density at radius 2 is 1.77 bits per heavy atom. The second-order valence-electron chi connectivity index (χ2n) is 8.57. The summed E-state index contributed by atoms with van der Waals surface area (Å²) in [5.41, 5.74) is -7.81. The van der Waals surface area contributed by atoms with Gasteiger partial charge in [-0.25, -0.2) is 8.78 Å². The average Bonchev–Trinajstić information content (AvgIpc) is 2.55. The number of rotatable bonds is 7. The number of alkyl halides is 3. The molecule has 0 heterocycles. The molecule has 0 amide bonds. The molecule has 0 fully saturated rings. The van der Waals surface area contributed by atoms with E-state index in [4.69, 9.17) is 4.74 Å². The third kappa shape index (κ3) is 5.75. The summed E-state index contributed by atoms with van der Waals surface area (Å²) < 4.78 is 96.6. The van der Waals surface area contributed by atoms with Crippen molar-refractivity contribution in [1.29, 1.82) is 0 Å². The highest BCUT2D eigenvalue weighted by molar-refractivity contribution is 7.90. The van der Waals surface area contributed by atoms with Crippen LogP contribution in [0.5, 0.6) is 0 Å². The van der Waals surface area contributed by atoms with E-state index in [9.17, 15) is 35.2 Å². The van der Waals surface area contributed by atoms with Crippen LogP contribution in [-0.2, 0) is 25.0 Å². The molecule has 174 valence electrons. The fourth-order valence-electron chi connectivity index (χ4n) is 3.29. The van der Waals surface area contributed by atoms with E-state index >= 15 is 0 Å². The van der Waals surface area contributed by atoms with Crippen LogP contribution in [0.1, 0.15) is 52.5 Å². The minimum atomic E-state index is -5.74. The van der Waals surface area contributed by atoms with E-state index in [-0.39, 0.29) is 34.8 Å². The van der Waals surface area contributed by atoms with Crippen LogP contribution in [0.4, 0.5) is 22.0 Å². The first-order valence-electron chi connectivity index (χ1n) is 9.44. The molecule has 1 aromatic rings. The highest BCUT2D eigenvalue weighted by Gasteiger charge is 2.52. The van der Waals surface area contributed by atoms with E-state index in [0.717, 1.165) is 18.2 Å². The van der Waals surface area contributed by atoms with Gasteiger partial charge in [0.15, 0.2) is 0 Å². The molecule has 0 aromatic heterocycles. The third-order valence-electron chi connectivity index (χ3n) is 4.64. The number of benzene rings is 1. The van der Waals surface area contributed by atoms with Crippen LogP contribution in [0.25, 0.3) is 0 Å². The Kier molecular flexibility index (Phi) is 6.80. The lowest BCUT2D eigenvalue weighted by Gasteiger charge is -2.42. The minimum absolute atomic E-state index is 0.0886. The number of allylic oxidation sites excluding steroid dienone is 2. The zero-order valence-electron chi connectivity index (χ0n) is 17.5. The van der Waals surface area contributed by atoms with Gasteiger partial charge in [0, 0.05) is 36.1 Å². The number of carbonyl (C=O) groups excluding carboxylic acids is 1. The summed E-state index contributed by atoms with van der Waals surface area (Å²) in [6.45, 7) is 5.71. The van der Waals surface area contributed by atoms with Gasteiger partial charge in [-0.15, -0.1) is 0 Å². The van der Waals surface area contributed by atoms with Crippen LogP contribution in [-0.4, -0.2) is 36.3 Å². The Bertz CT molecular complexity index is 982. The number of esters is 1. The zero-order chi connectivity index (χ0) is 23.8. The molecule has 1 aliphatic rings. The molecule has 1 unspecified atom stereocenters. The third-order valence-corrected chi connectivity index (χ3v) is 6.22. The van der Waals surface area contributed by atoms with Crippen molar-refractivity contribution < 1.29 is 39.9 Å². The van der Waals surface area contributed by atoms with Crippen LogP contribution in [0, 0.1) is 11.6 Å². The maximum absolute atomic E-state index is 14.1. The molecule has 0 N–H and O–H groups in total. The molecule has 1 aliphatic carbocycles. The fourth-order valence-corrected chi connectivity index (χ4v) is 4.33. The van der Waals surface area contributed by atoms with Crippen LogP contribution in [0.3, 0.4) is 0 Å². The van der Waals surface area contributed by atoms with Crippen LogP contribution in [0.15, 0.2) is 30.0 Å². The summed E-state index contributed by atoms with van der Waals surface area (Å²) in [5.74, 6) is -2.16. The van der Waals surface area contributed by atoms with Crippen molar-refractivity contribution in [2.45, 2.75) is 63.5 Å². The maximum Gasteiger partial charge on any atom is 0.516 e. The number of halogens is 5. The highest BCUT2D eigenvalue weighted by Crippen LogP contribution is 2.46. The SMILES string of the molecule is CC(C)(C)OC(=O)CCCN(C1=CC(C)(c2cc(F)ccc2F)C1)S(=O)(=O)C(F)(F)F. The quantitative estimate of drug-likeness (QED) is 0.426. The number of hydrogen-bond acceptors (Lipinski definition) is 4. The number of sulfonamides is 1. The Morgan fingerprint density at radius 1 is 1.19 bits per heavy atom. The van der Waals surface area contributed by atoms with Gasteiger partial charge in [-0.2, -0.15) is 21.6 Å². The lowest BCUT2D eigenvalue weighted by atomic mass is 9.70. The standard InChI is InChI=1S/C20H24F5NO4S/c1-18(2,3)30-17(27)6-5-9-26(31(28,29)20(23,24)25)14-11-19(4,12-14)15-10-13(21)7-8-16(15)22/h7-8,10-11H,5-6,9,12H2,1-4H3. The molecule has 0 spiro atoms. The Labute approximate surface area is 177 Å². The van der Waals surface area contributed by atoms with Gasteiger partial charge in [-0.05, 0) is 45.4 Å². The van der Waals surface area contributed by atoms with Crippen molar-refractivity contribution in [3.8, 4) is 0 Å². The topological polar surface area (TPSA) is 63.7 Å². The summed E-state index contributed by atoms with van der Waals surface area (Å²) in [6.07, 6.45) is 0.410. The lowest BCUT2D eigenvalue weighted by Crippen LogP contribution is -2.46. The summed E-state index contributed by atoms with van der Waals surface area (Å²) >= 11 is 0. The van der Waals surface area contributed by atoms with E-state index in [2.05, 4.69) is 0 Å². The second-order valence-corrected chi connectivity index (χ2v) is 10.4. The normalized spacial score (nSPS) is 19.5. The molecule has 1 aromatic carbocycles. The van der Waals surface area contributed by atoms with Gasteiger partial charge in [0.1, 0.15) is 17.2 Å². The first-order chi connectivity index (χ1) is 14.0. The van der Waals surface area contributed by atoms with E-state index in [1.54, 1.807) is 20.8 Å². The number of hydrogen-bond donors (Lipinski definition) is 0. The largest absolute Gasteiger partial charge is 0.516 e. The van der Waals surface area contributed by atoms with E-state index in [1.807, 2.05) is 0 Å². The Hall–Kier alpha value is -2.17. The Morgan fingerprint density at radius 3 is 2.29 bits per heavy atom. The monoisotopic (exact) mass is 469 g/mol. The molecule has 2 rings (SSSR count). The van der Waals surface area contributed by atoms with Gasteiger partial charge >= 0.3 is 21.5 Å². The maximum atomic E-state index is 14.1. The Balaban J connectivity index is 2.26. The summed E-state index contributed by atoms with van der Waals surface area (Å²) in [6, 6.07) is 2.73. The van der Waals surface area contributed by atoms with Crippen molar-refractivity contribution in [3.63, 3.8) is 0 Å².